The topological polar surface area (TPSA) is 25.2 Å². The minimum absolute atomic E-state index is 0.520. The summed E-state index contributed by atoms with van der Waals surface area (Å²) in [6.07, 6.45) is 9.58. The molecule has 96 valence electrons. The molecule has 1 aliphatic rings. The molecule has 1 aromatic heterocycles. The van der Waals surface area contributed by atoms with Crippen molar-refractivity contribution in [3.8, 4) is 0 Å². The number of aryl methyl sites for hydroxylation is 1. The number of hydrogen-bond acceptors (Lipinski definition) is 2. The van der Waals surface area contributed by atoms with E-state index in [4.69, 9.17) is 4.42 Å². The molecule has 1 saturated carbocycles. The van der Waals surface area contributed by atoms with E-state index in [2.05, 4.69) is 25.2 Å². The van der Waals surface area contributed by atoms with E-state index >= 15 is 0 Å². The van der Waals surface area contributed by atoms with Gasteiger partial charge in [0.1, 0.15) is 5.76 Å². The van der Waals surface area contributed by atoms with Gasteiger partial charge in [-0.15, -0.1) is 0 Å². The lowest BCUT2D eigenvalue weighted by atomic mass is 9.91. The molecule has 17 heavy (non-hydrogen) atoms. The zero-order valence-electron chi connectivity index (χ0n) is 11.2. The third kappa shape index (κ3) is 2.92. The van der Waals surface area contributed by atoms with Crippen molar-refractivity contribution in [2.45, 2.75) is 58.4 Å². The van der Waals surface area contributed by atoms with Crippen molar-refractivity contribution in [1.29, 1.82) is 0 Å². The van der Waals surface area contributed by atoms with E-state index in [0.717, 1.165) is 18.9 Å². The number of rotatable bonds is 6. The summed E-state index contributed by atoms with van der Waals surface area (Å²) in [7, 11) is 0. The molecule has 0 aromatic carbocycles. The van der Waals surface area contributed by atoms with Gasteiger partial charge in [0.25, 0.3) is 0 Å². The molecule has 2 nitrogen and oxygen atoms in total. The molecule has 2 rings (SSSR count). The Morgan fingerprint density at radius 2 is 2.12 bits per heavy atom. The van der Waals surface area contributed by atoms with Crippen molar-refractivity contribution in [3.63, 3.8) is 0 Å². The van der Waals surface area contributed by atoms with Gasteiger partial charge in [0, 0.05) is 18.0 Å². The molecule has 1 aliphatic carbocycles. The van der Waals surface area contributed by atoms with E-state index < -0.39 is 0 Å². The Hall–Kier alpha value is -0.760. The Kier molecular flexibility index (Phi) is 4.66. The van der Waals surface area contributed by atoms with Crippen LogP contribution in [0.2, 0.25) is 0 Å². The average molecular weight is 235 g/mol. The van der Waals surface area contributed by atoms with Crippen molar-refractivity contribution < 1.29 is 4.42 Å². The highest BCUT2D eigenvalue weighted by molar-refractivity contribution is 5.22. The summed E-state index contributed by atoms with van der Waals surface area (Å²) in [5, 5.41) is 3.73. The molecule has 0 aliphatic heterocycles. The van der Waals surface area contributed by atoms with E-state index in [1.165, 1.54) is 43.4 Å². The van der Waals surface area contributed by atoms with Crippen LogP contribution in [-0.4, -0.2) is 6.54 Å². The smallest absolute Gasteiger partial charge is 0.108 e. The second-order valence-electron chi connectivity index (χ2n) is 5.13. The van der Waals surface area contributed by atoms with Crippen LogP contribution in [0, 0.1) is 5.92 Å². The van der Waals surface area contributed by atoms with Gasteiger partial charge >= 0.3 is 0 Å². The van der Waals surface area contributed by atoms with Crippen LogP contribution in [-0.2, 0) is 6.42 Å². The number of hydrogen-bond donors (Lipinski definition) is 1. The maximum absolute atomic E-state index is 5.59. The van der Waals surface area contributed by atoms with Crippen LogP contribution < -0.4 is 5.32 Å². The van der Waals surface area contributed by atoms with Crippen LogP contribution in [0.25, 0.3) is 0 Å². The monoisotopic (exact) mass is 235 g/mol. The van der Waals surface area contributed by atoms with Gasteiger partial charge in [-0.1, -0.05) is 26.7 Å². The lowest BCUT2D eigenvalue weighted by Gasteiger charge is -2.24. The molecule has 1 heterocycles. The molecule has 0 amide bonds. The third-order valence-corrected chi connectivity index (χ3v) is 3.92. The van der Waals surface area contributed by atoms with Gasteiger partial charge in [-0.05, 0) is 37.8 Å². The van der Waals surface area contributed by atoms with E-state index in [0.29, 0.717) is 6.04 Å². The molecular weight excluding hydrogens is 210 g/mol. The highest BCUT2D eigenvalue weighted by atomic mass is 16.3. The molecule has 1 aromatic rings. The van der Waals surface area contributed by atoms with E-state index in [1.807, 2.05) is 6.26 Å². The first-order valence-electron chi connectivity index (χ1n) is 7.16. The lowest BCUT2D eigenvalue weighted by molar-refractivity contribution is 0.361. The third-order valence-electron chi connectivity index (χ3n) is 3.92. The summed E-state index contributed by atoms with van der Waals surface area (Å²) in [4.78, 5) is 0. The molecule has 1 atom stereocenters. The van der Waals surface area contributed by atoms with Gasteiger partial charge in [-0.2, -0.15) is 0 Å². The van der Waals surface area contributed by atoms with Gasteiger partial charge in [0.15, 0.2) is 0 Å². The predicted molar refractivity (Wildman–Crippen MR) is 71.1 cm³/mol. The molecule has 1 unspecified atom stereocenters. The van der Waals surface area contributed by atoms with Crippen molar-refractivity contribution in [3.05, 3.63) is 23.7 Å². The molecule has 0 spiro atoms. The molecule has 2 heteroatoms. The summed E-state index contributed by atoms with van der Waals surface area (Å²) in [6.45, 7) is 5.51. The number of furan rings is 1. The Labute approximate surface area is 105 Å². The minimum atomic E-state index is 0.520. The van der Waals surface area contributed by atoms with E-state index in [1.54, 1.807) is 0 Å². The highest BCUT2D eigenvalue weighted by Gasteiger charge is 2.28. The largest absolute Gasteiger partial charge is 0.469 e. The van der Waals surface area contributed by atoms with E-state index in [9.17, 15) is 0 Å². The molecule has 0 saturated heterocycles. The fraction of sp³-hybridized carbons (Fsp3) is 0.733. The molecule has 0 radical (unpaired) electrons. The first kappa shape index (κ1) is 12.7. The highest BCUT2D eigenvalue weighted by Crippen LogP contribution is 2.37. The summed E-state index contributed by atoms with van der Waals surface area (Å²) >= 11 is 0. The standard InChI is InChI=1S/C15H25NO/c1-3-10-16-15(12-7-5-6-8-12)13-9-11-17-14(13)4-2/h9,11-12,15-16H,3-8,10H2,1-2H3. The fourth-order valence-corrected chi connectivity index (χ4v) is 3.04. The quantitative estimate of drug-likeness (QED) is 0.804. The maximum atomic E-state index is 5.59. The first-order valence-corrected chi connectivity index (χ1v) is 7.16. The summed E-state index contributed by atoms with van der Waals surface area (Å²) in [5.41, 5.74) is 1.41. The van der Waals surface area contributed by atoms with Gasteiger partial charge < -0.3 is 9.73 Å². The van der Waals surface area contributed by atoms with Crippen molar-refractivity contribution in [1.82, 2.24) is 5.32 Å². The molecule has 1 fully saturated rings. The Balaban J connectivity index is 2.13. The first-order chi connectivity index (χ1) is 8.36. The summed E-state index contributed by atoms with van der Waals surface area (Å²) < 4.78 is 5.59. The zero-order valence-corrected chi connectivity index (χ0v) is 11.2. The second-order valence-corrected chi connectivity index (χ2v) is 5.13. The molecule has 1 N–H and O–H groups in total. The lowest BCUT2D eigenvalue weighted by Crippen LogP contribution is -2.28. The normalized spacial score (nSPS) is 18.7. The van der Waals surface area contributed by atoms with Gasteiger partial charge in [0.2, 0.25) is 0 Å². The maximum Gasteiger partial charge on any atom is 0.108 e. The van der Waals surface area contributed by atoms with E-state index in [-0.39, 0.29) is 0 Å². The molecular formula is C15H25NO. The van der Waals surface area contributed by atoms with Gasteiger partial charge in [-0.25, -0.2) is 0 Å². The van der Waals surface area contributed by atoms with Crippen molar-refractivity contribution in [2.75, 3.05) is 6.54 Å². The number of nitrogens with one attached hydrogen (secondary N) is 1. The second kappa shape index (κ2) is 6.25. The zero-order chi connectivity index (χ0) is 12.1. The van der Waals surface area contributed by atoms with Crippen LogP contribution in [0.1, 0.15) is 63.3 Å². The van der Waals surface area contributed by atoms with Crippen LogP contribution in [0.4, 0.5) is 0 Å². The summed E-state index contributed by atoms with van der Waals surface area (Å²) in [6, 6.07) is 2.69. The average Bonchev–Trinajstić information content (AvgIpc) is 3.00. The van der Waals surface area contributed by atoms with Gasteiger partial charge in [-0.3, -0.25) is 0 Å². The fourth-order valence-electron chi connectivity index (χ4n) is 3.04. The SMILES string of the molecule is CCCNC(c1ccoc1CC)C1CCCC1. The van der Waals surface area contributed by atoms with Crippen molar-refractivity contribution in [2.24, 2.45) is 5.92 Å². The Morgan fingerprint density at radius 3 is 2.76 bits per heavy atom. The summed E-state index contributed by atoms with van der Waals surface area (Å²) in [5.74, 6) is 1.98. The minimum Gasteiger partial charge on any atom is -0.469 e. The van der Waals surface area contributed by atoms with Crippen LogP contribution in [0.3, 0.4) is 0 Å². The Morgan fingerprint density at radius 1 is 1.35 bits per heavy atom. The van der Waals surface area contributed by atoms with Crippen LogP contribution >= 0.6 is 0 Å². The molecule has 0 bridgehead atoms. The van der Waals surface area contributed by atoms with Crippen LogP contribution in [0.5, 0.6) is 0 Å². The van der Waals surface area contributed by atoms with Crippen LogP contribution in [0.15, 0.2) is 16.7 Å². The van der Waals surface area contributed by atoms with Gasteiger partial charge in [0.05, 0.1) is 6.26 Å². The van der Waals surface area contributed by atoms with Crippen molar-refractivity contribution >= 4 is 0 Å². The predicted octanol–water partition coefficient (Wildman–Crippen LogP) is 4.07. The Bertz CT molecular complexity index is 325.